The molecule has 0 spiro atoms. The summed E-state index contributed by atoms with van der Waals surface area (Å²) in [5.41, 5.74) is 15.1. The van der Waals surface area contributed by atoms with E-state index in [2.05, 4.69) is 18.0 Å². The molecule has 22 heavy (non-hydrogen) atoms. The molecule has 0 saturated heterocycles. The van der Waals surface area contributed by atoms with E-state index in [9.17, 15) is 4.79 Å². The van der Waals surface area contributed by atoms with Crippen molar-refractivity contribution < 1.29 is 4.79 Å². The van der Waals surface area contributed by atoms with Gasteiger partial charge in [-0.25, -0.2) is 0 Å². The van der Waals surface area contributed by atoms with Crippen molar-refractivity contribution >= 4 is 17.3 Å². The highest BCUT2D eigenvalue weighted by molar-refractivity contribution is 5.99. The molecular formula is C17H16N4O. The zero-order valence-electron chi connectivity index (χ0n) is 11.9. The zero-order valence-corrected chi connectivity index (χ0v) is 11.9. The Morgan fingerprint density at radius 1 is 1.32 bits per heavy atom. The number of nitrogen functional groups attached to an aromatic ring is 1. The molecule has 0 bridgehead atoms. The molecule has 0 aromatic heterocycles. The normalized spacial score (nSPS) is 11.3. The molecule has 5 N–H and O–H groups in total. The number of nitriles is 1. The minimum atomic E-state index is -0.492. The van der Waals surface area contributed by atoms with Gasteiger partial charge in [0.15, 0.2) is 0 Å². The van der Waals surface area contributed by atoms with E-state index in [1.165, 1.54) is 0 Å². The Hall–Kier alpha value is -3.10. The third-order valence-electron chi connectivity index (χ3n) is 3.23. The minimum Gasteiger partial charge on any atom is -0.398 e. The molecular weight excluding hydrogens is 276 g/mol. The Morgan fingerprint density at radius 2 is 2.05 bits per heavy atom. The highest BCUT2D eigenvalue weighted by Gasteiger charge is 2.14. The molecule has 0 aliphatic heterocycles. The Kier molecular flexibility index (Phi) is 4.57. The predicted molar refractivity (Wildman–Crippen MR) is 86.9 cm³/mol. The molecule has 5 nitrogen and oxygen atoms in total. The number of carbonyl (C=O) groups excluding carboxylic acids is 1. The molecule has 0 aliphatic carbocycles. The molecule has 0 fully saturated rings. The Bertz CT molecular complexity index is 761. The topological polar surface area (TPSA) is 105 Å². The highest BCUT2D eigenvalue weighted by Crippen LogP contribution is 2.27. The van der Waals surface area contributed by atoms with E-state index in [-0.39, 0.29) is 5.91 Å². The molecule has 2 aromatic rings. The molecule has 0 aliphatic rings. The number of para-hydroxylation sites is 1. The van der Waals surface area contributed by atoms with Gasteiger partial charge in [-0.1, -0.05) is 24.8 Å². The Labute approximate surface area is 128 Å². The second kappa shape index (κ2) is 6.57. The molecule has 1 atom stereocenters. The van der Waals surface area contributed by atoms with Crippen LogP contribution in [-0.4, -0.2) is 5.91 Å². The van der Waals surface area contributed by atoms with Crippen LogP contribution in [-0.2, 0) is 4.79 Å². The van der Waals surface area contributed by atoms with Gasteiger partial charge in [-0.15, -0.1) is 0 Å². The number of rotatable bonds is 4. The van der Waals surface area contributed by atoms with Crippen molar-refractivity contribution in [3.8, 4) is 6.07 Å². The van der Waals surface area contributed by atoms with E-state index in [0.717, 1.165) is 11.6 Å². The number of nitrogens with two attached hydrogens (primary N) is 2. The van der Waals surface area contributed by atoms with E-state index >= 15 is 0 Å². The summed E-state index contributed by atoms with van der Waals surface area (Å²) in [4.78, 5) is 11.4. The molecule has 0 radical (unpaired) electrons. The van der Waals surface area contributed by atoms with Crippen LogP contribution < -0.4 is 16.8 Å². The highest BCUT2D eigenvalue weighted by atomic mass is 16.1. The van der Waals surface area contributed by atoms with Crippen molar-refractivity contribution in [3.63, 3.8) is 0 Å². The number of benzene rings is 2. The fourth-order valence-corrected chi connectivity index (χ4v) is 2.13. The van der Waals surface area contributed by atoms with Crippen LogP contribution in [0.25, 0.3) is 0 Å². The molecule has 0 saturated carbocycles. The third-order valence-corrected chi connectivity index (χ3v) is 3.23. The van der Waals surface area contributed by atoms with Gasteiger partial charge in [0.25, 0.3) is 0 Å². The summed E-state index contributed by atoms with van der Waals surface area (Å²) in [5, 5.41) is 11.8. The summed E-state index contributed by atoms with van der Waals surface area (Å²) in [5.74, 6) is -0.353. The largest absolute Gasteiger partial charge is 0.398 e. The summed E-state index contributed by atoms with van der Waals surface area (Å²) >= 11 is 0. The first-order valence-corrected chi connectivity index (χ1v) is 6.63. The number of amides is 1. The van der Waals surface area contributed by atoms with Gasteiger partial charge >= 0.3 is 0 Å². The minimum absolute atomic E-state index is 0.353. The van der Waals surface area contributed by atoms with Gasteiger partial charge in [0.05, 0.1) is 17.7 Å². The first-order chi connectivity index (χ1) is 10.5. The summed E-state index contributed by atoms with van der Waals surface area (Å²) < 4.78 is 0. The van der Waals surface area contributed by atoms with E-state index in [1.54, 1.807) is 24.3 Å². The van der Waals surface area contributed by atoms with E-state index in [0.29, 0.717) is 22.5 Å². The van der Waals surface area contributed by atoms with Gasteiger partial charge in [0.2, 0.25) is 5.91 Å². The van der Waals surface area contributed by atoms with Crippen LogP contribution in [0.4, 0.5) is 11.4 Å². The summed E-state index contributed by atoms with van der Waals surface area (Å²) in [6.07, 6.45) is 1.16. The number of anilines is 2. The smallest absolute Gasteiger partial charge is 0.247 e. The summed E-state index contributed by atoms with van der Waals surface area (Å²) in [6, 6.07) is 13.8. The van der Waals surface area contributed by atoms with Gasteiger partial charge in [-0.2, -0.15) is 5.26 Å². The van der Waals surface area contributed by atoms with Crippen molar-refractivity contribution in [2.24, 2.45) is 5.73 Å². The molecule has 5 heteroatoms. The average Bonchev–Trinajstić information content (AvgIpc) is 2.54. The van der Waals surface area contributed by atoms with Crippen LogP contribution in [0.5, 0.6) is 0 Å². The summed E-state index contributed by atoms with van der Waals surface area (Å²) in [7, 11) is 0. The van der Waals surface area contributed by atoms with Crippen LogP contribution in [0.1, 0.15) is 22.7 Å². The van der Waals surface area contributed by atoms with Crippen molar-refractivity contribution in [1.29, 1.82) is 5.26 Å². The van der Waals surface area contributed by atoms with Crippen LogP contribution in [0.2, 0.25) is 0 Å². The second-order valence-corrected chi connectivity index (χ2v) is 4.76. The first-order valence-electron chi connectivity index (χ1n) is 6.63. The van der Waals surface area contributed by atoms with Gasteiger partial charge < -0.3 is 16.8 Å². The number of nitrogens with zero attached hydrogens (tertiary/aromatic N) is 1. The van der Waals surface area contributed by atoms with Gasteiger partial charge in [0, 0.05) is 11.4 Å². The quantitative estimate of drug-likeness (QED) is 0.594. The average molecular weight is 292 g/mol. The fraction of sp³-hybridized carbons (Fsp3) is 0.0588. The maximum atomic E-state index is 11.4. The standard InChI is InChI=1S/C17H16N4O/c1-2-16(22)21-13-8-11(10-18)7-12(9-13)17(20)14-5-3-4-6-15(14)19/h2-9,17H,1,19-20H2,(H,21,22). The molecule has 110 valence electrons. The lowest BCUT2D eigenvalue weighted by Crippen LogP contribution is -2.15. The predicted octanol–water partition coefficient (Wildman–Crippen LogP) is 2.31. The SMILES string of the molecule is C=CC(=O)Nc1cc(C#N)cc(C(N)c2ccccc2N)c1. The number of hydrogen-bond acceptors (Lipinski definition) is 4. The van der Waals surface area contributed by atoms with Gasteiger partial charge in [-0.05, 0) is 41.5 Å². The molecule has 0 heterocycles. The van der Waals surface area contributed by atoms with Gasteiger partial charge in [0.1, 0.15) is 0 Å². The molecule has 1 unspecified atom stereocenters. The number of nitrogens with one attached hydrogen (secondary N) is 1. The lowest BCUT2D eigenvalue weighted by molar-refractivity contribution is -0.111. The Morgan fingerprint density at radius 3 is 2.68 bits per heavy atom. The van der Waals surface area contributed by atoms with Crippen molar-refractivity contribution in [2.45, 2.75) is 6.04 Å². The van der Waals surface area contributed by atoms with Crippen LogP contribution in [0, 0.1) is 11.3 Å². The van der Waals surface area contributed by atoms with E-state index in [4.69, 9.17) is 16.7 Å². The first kappa shape index (κ1) is 15.3. The number of carbonyl (C=O) groups is 1. The second-order valence-electron chi connectivity index (χ2n) is 4.76. The van der Waals surface area contributed by atoms with Crippen molar-refractivity contribution in [1.82, 2.24) is 0 Å². The van der Waals surface area contributed by atoms with E-state index < -0.39 is 6.04 Å². The maximum absolute atomic E-state index is 11.4. The molecule has 2 rings (SSSR count). The zero-order chi connectivity index (χ0) is 16.1. The van der Waals surface area contributed by atoms with Crippen LogP contribution in [0.3, 0.4) is 0 Å². The Balaban J connectivity index is 2.44. The molecule has 1 amide bonds. The van der Waals surface area contributed by atoms with Crippen LogP contribution in [0.15, 0.2) is 55.1 Å². The third kappa shape index (κ3) is 3.32. The van der Waals surface area contributed by atoms with Crippen molar-refractivity contribution in [2.75, 3.05) is 11.1 Å². The summed E-state index contributed by atoms with van der Waals surface area (Å²) in [6.45, 7) is 3.40. The monoisotopic (exact) mass is 292 g/mol. The lowest BCUT2D eigenvalue weighted by atomic mass is 9.96. The molecule has 2 aromatic carbocycles. The fourth-order valence-electron chi connectivity index (χ4n) is 2.13. The van der Waals surface area contributed by atoms with Crippen molar-refractivity contribution in [3.05, 3.63) is 71.8 Å². The lowest BCUT2D eigenvalue weighted by Gasteiger charge is -2.16. The van der Waals surface area contributed by atoms with Crippen LogP contribution >= 0.6 is 0 Å². The van der Waals surface area contributed by atoms with E-state index in [1.807, 2.05) is 18.2 Å². The van der Waals surface area contributed by atoms with Gasteiger partial charge in [-0.3, -0.25) is 4.79 Å². The maximum Gasteiger partial charge on any atom is 0.247 e. The number of hydrogen-bond donors (Lipinski definition) is 3.